The summed E-state index contributed by atoms with van der Waals surface area (Å²) in [6, 6.07) is 17.1. The molecule has 3 heteroatoms. The van der Waals surface area contributed by atoms with Crippen molar-refractivity contribution < 1.29 is 9.53 Å². The van der Waals surface area contributed by atoms with Gasteiger partial charge < -0.3 is 10.1 Å². The first-order valence-corrected chi connectivity index (χ1v) is 7.94. The second-order valence-corrected chi connectivity index (χ2v) is 6.10. The molecule has 4 rings (SSSR count). The Balaban J connectivity index is 1.52. The van der Waals surface area contributed by atoms with E-state index in [0.29, 0.717) is 12.6 Å². The number of nitrogens with one attached hydrogen (secondary N) is 1. The van der Waals surface area contributed by atoms with Gasteiger partial charge in [0.25, 0.3) is 0 Å². The first-order chi connectivity index (χ1) is 10.8. The number of benzene rings is 2. The molecule has 1 N–H and O–H groups in total. The highest BCUT2D eigenvalue weighted by atomic mass is 16.5. The molecular formula is C19H19NO2. The predicted molar refractivity (Wildman–Crippen MR) is 85.8 cm³/mol. The molecule has 0 spiro atoms. The summed E-state index contributed by atoms with van der Waals surface area (Å²) in [5.74, 6) is 0.138. The molecule has 3 nitrogen and oxygen atoms in total. The molecule has 2 aromatic carbocycles. The minimum Gasteiger partial charge on any atom is -0.449 e. The lowest BCUT2D eigenvalue weighted by Crippen LogP contribution is -2.40. The zero-order valence-electron chi connectivity index (χ0n) is 12.4. The van der Waals surface area contributed by atoms with E-state index in [2.05, 4.69) is 41.7 Å². The topological polar surface area (TPSA) is 38.3 Å². The fourth-order valence-electron chi connectivity index (χ4n) is 3.36. The standard InChI is InChI=1S/C19H19NO2/c21-19(20-13-6-5-7-13)22-12-18-16-10-3-1-8-14(16)15-9-2-4-11-17(15)18/h1-4,8-11,13,18H,5-7,12H2,(H,20,21). The lowest BCUT2D eigenvalue weighted by atomic mass is 9.93. The quantitative estimate of drug-likeness (QED) is 0.926. The first kappa shape index (κ1) is 13.4. The third kappa shape index (κ3) is 2.27. The number of alkyl carbamates (subject to hydrolysis) is 1. The molecule has 0 aliphatic heterocycles. The van der Waals surface area contributed by atoms with Gasteiger partial charge in [0.2, 0.25) is 0 Å². The van der Waals surface area contributed by atoms with Crippen molar-refractivity contribution in [2.24, 2.45) is 0 Å². The highest BCUT2D eigenvalue weighted by Gasteiger charge is 2.29. The Bertz CT molecular complexity index is 661. The van der Waals surface area contributed by atoms with Crippen LogP contribution in [0.4, 0.5) is 4.79 Å². The monoisotopic (exact) mass is 293 g/mol. The Morgan fingerprint density at radius 3 is 2.14 bits per heavy atom. The third-order valence-corrected chi connectivity index (χ3v) is 4.77. The molecule has 0 saturated heterocycles. The molecule has 2 aromatic rings. The van der Waals surface area contributed by atoms with Crippen molar-refractivity contribution in [1.82, 2.24) is 5.32 Å². The number of hydrogen-bond acceptors (Lipinski definition) is 2. The van der Waals surface area contributed by atoms with E-state index < -0.39 is 0 Å². The van der Waals surface area contributed by atoms with Crippen LogP contribution >= 0.6 is 0 Å². The van der Waals surface area contributed by atoms with E-state index in [1.54, 1.807) is 0 Å². The summed E-state index contributed by atoms with van der Waals surface area (Å²) in [6.45, 7) is 0.395. The van der Waals surface area contributed by atoms with Crippen LogP contribution in [0.15, 0.2) is 48.5 Å². The van der Waals surface area contributed by atoms with Crippen molar-refractivity contribution in [3.63, 3.8) is 0 Å². The molecule has 2 aliphatic carbocycles. The molecule has 2 aliphatic rings. The molecule has 1 amide bonds. The summed E-state index contributed by atoms with van der Waals surface area (Å²) in [7, 11) is 0. The summed E-state index contributed by atoms with van der Waals surface area (Å²) < 4.78 is 5.50. The zero-order valence-corrected chi connectivity index (χ0v) is 12.4. The fraction of sp³-hybridized carbons (Fsp3) is 0.316. The molecule has 0 aromatic heterocycles. The van der Waals surface area contributed by atoms with Crippen molar-refractivity contribution in [3.8, 4) is 11.1 Å². The van der Waals surface area contributed by atoms with Gasteiger partial charge in [0.15, 0.2) is 0 Å². The van der Waals surface area contributed by atoms with Gasteiger partial charge in [-0.25, -0.2) is 4.79 Å². The van der Waals surface area contributed by atoms with Crippen LogP contribution in [0.1, 0.15) is 36.3 Å². The zero-order chi connectivity index (χ0) is 14.9. The second kappa shape index (κ2) is 5.48. The molecule has 1 fully saturated rings. The maximum absolute atomic E-state index is 11.9. The van der Waals surface area contributed by atoms with Crippen molar-refractivity contribution in [2.75, 3.05) is 6.61 Å². The third-order valence-electron chi connectivity index (χ3n) is 4.77. The van der Waals surface area contributed by atoms with Gasteiger partial charge in [0.1, 0.15) is 6.61 Å². The largest absolute Gasteiger partial charge is 0.449 e. The van der Waals surface area contributed by atoms with E-state index in [-0.39, 0.29) is 12.0 Å². The summed E-state index contributed by atoms with van der Waals surface area (Å²) in [6.07, 6.45) is 3.06. The number of amides is 1. The van der Waals surface area contributed by atoms with E-state index in [9.17, 15) is 4.79 Å². The van der Waals surface area contributed by atoms with Gasteiger partial charge in [-0.1, -0.05) is 48.5 Å². The minimum atomic E-state index is -0.286. The molecular weight excluding hydrogens is 274 g/mol. The van der Waals surface area contributed by atoms with Gasteiger partial charge in [0.05, 0.1) is 0 Å². The van der Waals surface area contributed by atoms with Crippen LogP contribution in [0, 0.1) is 0 Å². The Labute approximate surface area is 130 Å². The normalized spacial score (nSPS) is 16.5. The number of carbonyl (C=O) groups excluding carboxylic acids is 1. The van der Waals surface area contributed by atoms with Crippen LogP contribution in [0.5, 0.6) is 0 Å². The van der Waals surface area contributed by atoms with E-state index in [1.165, 1.54) is 28.7 Å². The highest BCUT2D eigenvalue weighted by molar-refractivity contribution is 5.79. The lowest BCUT2D eigenvalue weighted by molar-refractivity contribution is 0.133. The fourth-order valence-corrected chi connectivity index (χ4v) is 3.36. The van der Waals surface area contributed by atoms with E-state index in [1.807, 2.05) is 12.1 Å². The highest BCUT2D eigenvalue weighted by Crippen LogP contribution is 2.44. The Morgan fingerprint density at radius 1 is 1.00 bits per heavy atom. The van der Waals surface area contributed by atoms with Gasteiger partial charge in [-0.05, 0) is 41.5 Å². The van der Waals surface area contributed by atoms with Gasteiger partial charge >= 0.3 is 6.09 Å². The maximum Gasteiger partial charge on any atom is 0.407 e. The average Bonchev–Trinajstić information content (AvgIpc) is 2.83. The van der Waals surface area contributed by atoms with Crippen LogP contribution in [-0.2, 0) is 4.74 Å². The van der Waals surface area contributed by atoms with Gasteiger partial charge in [-0.15, -0.1) is 0 Å². The van der Waals surface area contributed by atoms with Crippen LogP contribution in [0.2, 0.25) is 0 Å². The summed E-state index contributed by atoms with van der Waals surface area (Å²) in [5, 5.41) is 2.93. The van der Waals surface area contributed by atoms with Gasteiger partial charge in [0, 0.05) is 12.0 Å². The minimum absolute atomic E-state index is 0.138. The Kier molecular flexibility index (Phi) is 3.34. The summed E-state index contributed by atoms with van der Waals surface area (Å²) in [4.78, 5) is 11.9. The molecule has 0 bridgehead atoms. The second-order valence-electron chi connectivity index (χ2n) is 6.10. The smallest absolute Gasteiger partial charge is 0.407 e. The predicted octanol–water partition coefficient (Wildman–Crippen LogP) is 4.08. The lowest BCUT2D eigenvalue weighted by Gasteiger charge is -2.26. The van der Waals surface area contributed by atoms with Crippen molar-refractivity contribution in [2.45, 2.75) is 31.2 Å². The number of hydrogen-bond donors (Lipinski definition) is 1. The number of rotatable bonds is 3. The average molecular weight is 293 g/mol. The van der Waals surface area contributed by atoms with Crippen LogP contribution < -0.4 is 5.32 Å². The van der Waals surface area contributed by atoms with Gasteiger partial charge in [-0.2, -0.15) is 0 Å². The van der Waals surface area contributed by atoms with E-state index in [4.69, 9.17) is 4.74 Å². The number of ether oxygens (including phenoxy) is 1. The molecule has 0 atom stereocenters. The molecule has 0 unspecified atom stereocenters. The molecule has 0 heterocycles. The Hall–Kier alpha value is -2.29. The van der Waals surface area contributed by atoms with E-state index in [0.717, 1.165) is 12.8 Å². The van der Waals surface area contributed by atoms with E-state index >= 15 is 0 Å². The molecule has 0 radical (unpaired) electrons. The van der Waals surface area contributed by atoms with Crippen molar-refractivity contribution in [3.05, 3.63) is 59.7 Å². The van der Waals surface area contributed by atoms with Gasteiger partial charge in [-0.3, -0.25) is 0 Å². The molecule has 112 valence electrons. The number of carbonyl (C=O) groups is 1. The first-order valence-electron chi connectivity index (χ1n) is 7.94. The summed E-state index contributed by atoms with van der Waals surface area (Å²) in [5.41, 5.74) is 5.01. The maximum atomic E-state index is 11.9. The SMILES string of the molecule is O=C(NC1CCC1)OCC1c2ccccc2-c2ccccc21. The van der Waals surface area contributed by atoms with Crippen LogP contribution in [0.3, 0.4) is 0 Å². The summed E-state index contributed by atoms with van der Waals surface area (Å²) >= 11 is 0. The molecule has 1 saturated carbocycles. The van der Waals surface area contributed by atoms with Crippen molar-refractivity contribution >= 4 is 6.09 Å². The molecule has 22 heavy (non-hydrogen) atoms. The van der Waals surface area contributed by atoms with Crippen molar-refractivity contribution in [1.29, 1.82) is 0 Å². The number of fused-ring (bicyclic) bond motifs is 3. The van der Waals surface area contributed by atoms with Crippen LogP contribution in [0.25, 0.3) is 11.1 Å². The Morgan fingerprint density at radius 2 is 1.59 bits per heavy atom. The van der Waals surface area contributed by atoms with Crippen LogP contribution in [-0.4, -0.2) is 18.7 Å².